The maximum atomic E-state index is 13.2. The molecule has 0 aliphatic heterocycles. The van der Waals surface area contributed by atoms with Crippen LogP contribution in [0, 0.1) is 15.9 Å². The average Bonchev–Trinajstić information content (AvgIpc) is 2.40. The third-order valence-electron chi connectivity index (χ3n) is 2.84. The number of hydrogen-bond donors (Lipinski definition) is 1. The van der Waals surface area contributed by atoms with E-state index in [9.17, 15) is 24.1 Å². The molecule has 21 heavy (non-hydrogen) atoms. The fourth-order valence-corrected chi connectivity index (χ4v) is 1.90. The number of pyridine rings is 1. The molecule has 0 fully saturated rings. The van der Waals surface area contributed by atoms with Crippen molar-refractivity contribution in [3.05, 3.63) is 73.9 Å². The Labute approximate surface area is 117 Å². The highest BCUT2D eigenvalue weighted by Gasteiger charge is 2.18. The van der Waals surface area contributed by atoms with Gasteiger partial charge in [0.25, 0.3) is 11.2 Å². The molecule has 0 aliphatic carbocycles. The standard InChI is InChI=1S/C13H9FN2O5/c14-9-4-5-10(16(20)21)8(6-9)7-15-11(13(18)19)2-1-3-12(15)17/h1-6H,7H2,(H,18,19). The van der Waals surface area contributed by atoms with Crippen molar-refractivity contribution in [2.24, 2.45) is 0 Å². The van der Waals surface area contributed by atoms with Crippen molar-refractivity contribution in [3.63, 3.8) is 0 Å². The molecule has 0 unspecified atom stereocenters. The number of hydrogen-bond acceptors (Lipinski definition) is 4. The lowest BCUT2D eigenvalue weighted by Gasteiger charge is -2.10. The minimum Gasteiger partial charge on any atom is -0.477 e. The lowest BCUT2D eigenvalue weighted by atomic mass is 10.1. The molecule has 0 amide bonds. The normalized spacial score (nSPS) is 10.3. The van der Waals surface area contributed by atoms with Crippen LogP contribution in [0.1, 0.15) is 16.1 Å². The first kappa shape index (κ1) is 14.4. The summed E-state index contributed by atoms with van der Waals surface area (Å²) in [5.41, 5.74) is -1.45. The zero-order chi connectivity index (χ0) is 15.6. The number of aromatic carboxylic acids is 1. The highest BCUT2D eigenvalue weighted by molar-refractivity contribution is 5.85. The van der Waals surface area contributed by atoms with Gasteiger partial charge < -0.3 is 5.11 Å². The molecule has 0 saturated heterocycles. The van der Waals surface area contributed by atoms with Gasteiger partial charge in [0.1, 0.15) is 11.5 Å². The topological polar surface area (TPSA) is 102 Å². The predicted molar refractivity (Wildman–Crippen MR) is 69.8 cm³/mol. The van der Waals surface area contributed by atoms with Gasteiger partial charge in [-0.1, -0.05) is 6.07 Å². The van der Waals surface area contributed by atoms with Crippen molar-refractivity contribution < 1.29 is 19.2 Å². The monoisotopic (exact) mass is 292 g/mol. The number of carboxylic acids is 1. The van der Waals surface area contributed by atoms with Crippen molar-refractivity contribution >= 4 is 11.7 Å². The van der Waals surface area contributed by atoms with Gasteiger partial charge in [0, 0.05) is 12.1 Å². The van der Waals surface area contributed by atoms with E-state index >= 15 is 0 Å². The van der Waals surface area contributed by atoms with Crippen molar-refractivity contribution in [2.75, 3.05) is 0 Å². The molecule has 0 radical (unpaired) electrons. The molecular weight excluding hydrogens is 283 g/mol. The Morgan fingerprint density at radius 3 is 2.67 bits per heavy atom. The SMILES string of the molecule is O=C(O)c1cccc(=O)n1Cc1cc(F)ccc1[N+](=O)[O-]. The minimum absolute atomic E-state index is 0.0872. The van der Waals surface area contributed by atoms with Crippen LogP contribution in [0.5, 0.6) is 0 Å². The largest absolute Gasteiger partial charge is 0.477 e. The Kier molecular flexibility index (Phi) is 3.79. The van der Waals surface area contributed by atoms with E-state index in [-0.39, 0.29) is 16.9 Å². The quantitative estimate of drug-likeness (QED) is 0.681. The van der Waals surface area contributed by atoms with E-state index in [0.29, 0.717) is 0 Å². The molecule has 7 nitrogen and oxygen atoms in total. The second-order valence-corrected chi connectivity index (χ2v) is 4.17. The molecule has 1 aromatic carbocycles. The van der Waals surface area contributed by atoms with Crippen LogP contribution in [0.25, 0.3) is 0 Å². The summed E-state index contributed by atoms with van der Waals surface area (Å²) in [7, 11) is 0. The molecular formula is C13H9FN2O5. The molecule has 0 aliphatic rings. The third kappa shape index (κ3) is 2.94. The van der Waals surface area contributed by atoms with Crippen LogP contribution in [0.15, 0.2) is 41.2 Å². The second-order valence-electron chi connectivity index (χ2n) is 4.17. The lowest BCUT2D eigenvalue weighted by Crippen LogP contribution is -2.25. The van der Waals surface area contributed by atoms with E-state index in [0.717, 1.165) is 28.8 Å². The second kappa shape index (κ2) is 5.53. The fraction of sp³-hybridized carbons (Fsp3) is 0.0769. The summed E-state index contributed by atoms with van der Waals surface area (Å²) < 4.78 is 14.1. The molecule has 0 atom stereocenters. The number of nitrogens with zero attached hydrogens (tertiary/aromatic N) is 2. The van der Waals surface area contributed by atoms with Gasteiger partial charge in [0.15, 0.2) is 0 Å². The van der Waals surface area contributed by atoms with E-state index in [4.69, 9.17) is 5.11 Å². The Balaban J connectivity index is 2.58. The van der Waals surface area contributed by atoms with Crippen LogP contribution in [0.3, 0.4) is 0 Å². The van der Waals surface area contributed by atoms with Crippen LogP contribution in [0.2, 0.25) is 0 Å². The highest BCUT2D eigenvalue weighted by atomic mass is 19.1. The Morgan fingerprint density at radius 2 is 2.05 bits per heavy atom. The van der Waals surface area contributed by atoms with Gasteiger partial charge in [-0.2, -0.15) is 0 Å². The number of nitro groups is 1. The Morgan fingerprint density at radius 1 is 1.33 bits per heavy atom. The summed E-state index contributed by atoms with van der Waals surface area (Å²) in [6.07, 6.45) is 0. The van der Waals surface area contributed by atoms with Gasteiger partial charge in [0.2, 0.25) is 0 Å². The van der Waals surface area contributed by atoms with E-state index in [2.05, 4.69) is 0 Å². The molecule has 0 bridgehead atoms. The first-order valence-electron chi connectivity index (χ1n) is 5.76. The van der Waals surface area contributed by atoms with Crippen molar-refractivity contribution in [1.82, 2.24) is 4.57 Å². The molecule has 108 valence electrons. The number of aromatic nitrogens is 1. The van der Waals surface area contributed by atoms with Crippen molar-refractivity contribution in [2.45, 2.75) is 6.54 Å². The highest BCUT2D eigenvalue weighted by Crippen LogP contribution is 2.20. The molecule has 1 aromatic heterocycles. The molecule has 2 rings (SSSR count). The summed E-state index contributed by atoms with van der Waals surface area (Å²) in [5.74, 6) is -2.07. The first-order chi connectivity index (χ1) is 9.90. The van der Waals surface area contributed by atoms with Crippen molar-refractivity contribution in [1.29, 1.82) is 0 Å². The molecule has 8 heteroatoms. The van der Waals surface area contributed by atoms with E-state index < -0.39 is 28.8 Å². The first-order valence-corrected chi connectivity index (χ1v) is 5.76. The predicted octanol–water partition coefficient (Wildman–Crippen LogP) is 1.64. The van der Waals surface area contributed by atoms with E-state index in [1.165, 1.54) is 12.1 Å². The third-order valence-corrected chi connectivity index (χ3v) is 2.84. The van der Waals surface area contributed by atoms with Crippen LogP contribution >= 0.6 is 0 Å². The van der Waals surface area contributed by atoms with Gasteiger partial charge in [-0.3, -0.25) is 19.5 Å². The average molecular weight is 292 g/mol. The van der Waals surface area contributed by atoms with Gasteiger partial charge >= 0.3 is 5.97 Å². The van der Waals surface area contributed by atoms with E-state index in [1.54, 1.807) is 0 Å². The summed E-state index contributed by atoms with van der Waals surface area (Å²) in [6, 6.07) is 6.38. The van der Waals surface area contributed by atoms with Crippen LogP contribution in [-0.2, 0) is 6.54 Å². The van der Waals surface area contributed by atoms with Crippen LogP contribution in [0.4, 0.5) is 10.1 Å². The van der Waals surface area contributed by atoms with Crippen molar-refractivity contribution in [3.8, 4) is 0 Å². The summed E-state index contributed by atoms with van der Waals surface area (Å²) in [5, 5.41) is 19.9. The van der Waals surface area contributed by atoms with E-state index in [1.807, 2.05) is 0 Å². The molecule has 0 spiro atoms. The molecule has 1 N–H and O–H groups in total. The summed E-state index contributed by atoms with van der Waals surface area (Å²) in [4.78, 5) is 33.0. The zero-order valence-corrected chi connectivity index (χ0v) is 10.5. The smallest absolute Gasteiger partial charge is 0.352 e. The summed E-state index contributed by atoms with van der Waals surface area (Å²) in [6.45, 7) is -0.407. The molecule has 1 heterocycles. The van der Waals surface area contributed by atoms with Gasteiger partial charge in [-0.25, -0.2) is 9.18 Å². The van der Waals surface area contributed by atoms with Gasteiger partial charge in [0.05, 0.1) is 17.0 Å². The number of halogens is 1. The molecule has 0 saturated carbocycles. The molecule has 2 aromatic rings. The number of carbonyl (C=O) groups is 1. The maximum Gasteiger partial charge on any atom is 0.352 e. The maximum absolute atomic E-state index is 13.2. The van der Waals surface area contributed by atoms with Gasteiger partial charge in [-0.05, 0) is 18.2 Å². The number of nitro benzene ring substituents is 1. The lowest BCUT2D eigenvalue weighted by molar-refractivity contribution is -0.385. The summed E-state index contributed by atoms with van der Waals surface area (Å²) >= 11 is 0. The van der Waals surface area contributed by atoms with Crippen LogP contribution < -0.4 is 5.56 Å². The Bertz CT molecular complexity index is 784. The zero-order valence-electron chi connectivity index (χ0n) is 10.5. The fourth-order valence-electron chi connectivity index (χ4n) is 1.90. The Hall–Kier alpha value is -3.03. The number of rotatable bonds is 4. The number of carboxylic acid groups (broad SMARTS) is 1. The number of benzene rings is 1. The van der Waals surface area contributed by atoms with Crippen LogP contribution in [-0.4, -0.2) is 20.6 Å². The minimum atomic E-state index is -1.35. The van der Waals surface area contributed by atoms with Gasteiger partial charge in [-0.15, -0.1) is 0 Å².